The van der Waals surface area contributed by atoms with E-state index in [1.807, 2.05) is 13.0 Å². The molecule has 3 aromatic heterocycles. The van der Waals surface area contributed by atoms with E-state index in [0.717, 1.165) is 24.2 Å². The summed E-state index contributed by atoms with van der Waals surface area (Å²) in [6, 6.07) is 7.49. The highest BCUT2D eigenvalue weighted by Gasteiger charge is 2.36. The number of nitriles is 1. The van der Waals surface area contributed by atoms with Crippen molar-refractivity contribution in [2.24, 2.45) is 5.92 Å². The number of pyridine rings is 3. The van der Waals surface area contributed by atoms with Gasteiger partial charge >= 0.3 is 6.18 Å². The Morgan fingerprint density at radius 3 is 2.70 bits per heavy atom. The van der Waals surface area contributed by atoms with Gasteiger partial charge in [0.25, 0.3) is 5.91 Å². The SMILES string of the molecule is Cc1cc2cc(C(=O)N(Cc3ccc(C(F)(F)F)cn3)[C@@H]3CCC[C@@H]3C#N)ncc2nc1N. The number of amides is 1. The Balaban J connectivity index is 1.69. The normalized spacial score (nSPS) is 18.3. The van der Waals surface area contributed by atoms with E-state index in [4.69, 9.17) is 5.73 Å². The zero-order valence-electron chi connectivity index (χ0n) is 17.8. The number of rotatable bonds is 4. The van der Waals surface area contributed by atoms with Crippen LogP contribution in [0.4, 0.5) is 19.0 Å². The molecular formula is C23H21F3N6O. The minimum absolute atomic E-state index is 0.0292. The summed E-state index contributed by atoms with van der Waals surface area (Å²) in [6.45, 7) is 1.78. The van der Waals surface area contributed by atoms with Crippen LogP contribution in [0.1, 0.15) is 46.6 Å². The molecule has 0 bridgehead atoms. The molecule has 1 saturated carbocycles. The van der Waals surface area contributed by atoms with Crippen LogP contribution in [0, 0.1) is 24.2 Å². The summed E-state index contributed by atoms with van der Waals surface area (Å²) in [6.07, 6.45) is -0.233. The summed E-state index contributed by atoms with van der Waals surface area (Å²) in [7, 11) is 0. The molecule has 0 aromatic carbocycles. The molecule has 170 valence electrons. The van der Waals surface area contributed by atoms with Crippen molar-refractivity contribution in [2.45, 2.75) is 44.9 Å². The van der Waals surface area contributed by atoms with Crippen molar-refractivity contribution in [1.82, 2.24) is 19.9 Å². The number of aromatic nitrogens is 3. The van der Waals surface area contributed by atoms with Crippen molar-refractivity contribution in [2.75, 3.05) is 5.73 Å². The van der Waals surface area contributed by atoms with Gasteiger partial charge in [0.05, 0.1) is 41.5 Å². The molecule has 10 heteroatoms. The molecule has 0 saturated heterocycles. The number of nitrogen functional groups attached to an aromatic ring is 1. The topological polar surface area (TPSA) is 109 Å². The van der Waals surface area contributed by atoms with E-state index in [1.165, 1.54) is 17.2 Å². The van der Waals surface area contributed by atoms with Crippen molar-refractivity contribution < 1.29 is 18.0 Å². The fourth-order valence-corrected chi connectivity index (χ4v) is 4.13. The first-order valence-electron chi connectivity index (χ1n) is 10.4. The van der Waals surface area contributed by atoms with Crippen LogP contribution in [0.2, 0.25) is 0 Å². The van der Waals surface area contributed by atoms with E-state index in [1.54, 1.807) is 6.07 Å². The Labute approximate surface area is 188 Å². The Kier molecular flexibility index (Phi) is 5.89. The minimum Gasteiger partial charge on any atom is -0.383 e. The van der Waals surface area contributed by atoms with Gasteiger partial charge in [-0.2, -0.15) is 18.4 Å². The van der Waals surface area contributed by atoms with Crippen LogP contribution in [-0.2, 0) is 12.7 Å². The van der Waals surface area contributed by atoms with E-state index in [2.05, 4.69) is 21.0 Å². The van der Waals surface area contributed by atoms with Gasteiger partial charge in [-0.3, -0.25) is 9.78 Å². The second kappa shape index (κ2) is 8.65. The lowest BCUT2D eigenvalue weighted by atomic mass is 10.0. The number of hydrogen-bond donors (Lipinski definition) is 1. The lowest BCUT2D eigenvalue weighted by molar-refractivity contribution is -0.137. The van der Waals surface area contributed by atoms with E-state index in [-0.39, 0.29) is 24.2 Å². The Morgan fingerprint density at radius 2 is 2.03 bits per heavy atom. The van der Waals surface area contributed by atoms with Gasteiger partial charge in [-0.1, -0.05) is 0 Å². The standard InChI is InChI=1S/C23H21F3N6O/c1-13-7-15-8-18(30-11-19(15)31-21(13)28)22(33)32(20-4-2-3-14(20)9-27)12-17-6-5-16(10-29-17)23(24,25)26/h5-8,10-11,14,20H,2-4,12H2,1H3,(H2,28,31)/t14-,20-/m1/s1. The lowest BCUT2D eigenvalue weighted by Gasteiger charge is -2.30. The van der Waals surface area contributed by atoms with Crippen LogP contribution in [0.15, 0.2) is 36.7 Å². The van der Waals surface area contributed by atoms with Gasteiger partial charge in [0.2, 0.25) is 0 Å². The third-order valence-corrected chi connectivity index (χ3v) is 5.94. The molecule has 2 N–H and O–H groups in total. The fraction of sp³-hybridized carbons (Fsp3) is 0.348. The smallest absolute Gasteiger partial charge is 0.383 e. The van der Waals surface area contributed by atoms with Crippen molar-refractivity contribution in [3.8, 4) is 6.07 Å². The van der Waals surface area contributed by atoms with Gasteiger partial charge in [0.1, 0.15) is 11.5 Å². The molecule has 33 heavy (non-hydrogen) atoms. The molecule has 0 aliphatic heterocycles. The molecule has 7 nitrogen and oxygen atoms in total. The molecule has 1 aliphatic carbocycles. The molecule has 1 amide bonds. The van der Waals surface area contributed by atoms with Crippen LogP contribution in [0.5, 0.6) is 0 Å². The van der Waals surface area contributed by atoms with Crippen molar-refractivity contribution in [1.29, 1.82) is 5.26 Å². The monoisotopic (exact) mass is 454 g/mol. The first-order chi connectivity index (χ1) is 15.7. The van der Waals surface area contributed by atoms with Crippen LogP contribution in [0.25, 0.3) is 10.9 Å². The number of aryl methyl sites for hydroxylation is 1. The average Bonchev–Trinajstić information content (AvgIpc) is 3.26. The molecule has 0 radical (unpaired) electrons. The van der Waals surface area contributed by atoms with Crippen LogP contribution in [0.3, 0.4) is 0 Å². The highest BCUT2D eigenvalue weighted by atomic mass is 19.4. The third kappa shape index (κ3) is 4.58. The maximum Gasteiger partial charge on any atom is 0.417 e. The third-order valence-electron chi connectivity index (χ3n) is 5.94. The zero-order valence-corrected chi connectivity index (χ0v) is 17.8. The average molecular weight is 454 g/mol. The predicted octanol–water partition coefficient (Wildman–Crippen LogP) is 4.27. The maximum absolute atomic E-state index is 13.5. The first kappa shape index (κ1) is 22.5. The number of nitrogens with zero attached hydrogens (tertiary/aromatic N) is 5. The van der Waals surface area contributed by atoms with Crippen molar-refractivity contribution in [3.63, 3.8) is 0 Å². The number of carbonyl (C=O) groups is 1. The van der Waals surface area contributed by atoms with Gasteiger partial charge in [-0.15, -0.1) is 0 Å². The van der Waals surface area contributed by atoms with Crippen molar-refractivity contribution >= 4 is 22.6 Å². The number of carbonyl (C=O) groups excluding carboxylic acids is 1. The van der Waals surface area contributed by atoms with Crippen LogP contribution in [-0.4, -0.2) is 31.8 Å². The number of halogens is 3. The Bertz CT molecular complexity index is 1240. The quantitative estimate of drug-likeness (QED) is 0.631. The molecule has 1 fully saturated rings. The lowest BCUT2D eigenvalue weighted by Crippen LogP contribution is -2.42. The molecule has 3 heterocycles. The number of nitrogens with two attached hydrogens (primary N) is 1. The van der Waals surface area contributed by atoms with Crippen LogP contribution >= 0.6 is 0 Å². The second-order valence-corrected chi connectivity index (χ2v) is 8.16. The molecular weight excluding hydrogens is 433 g/mol. The molecule has 3 aromatic rings. The Morgan fingerprint density at radius 1 is 1.24 bits per heavy atom. The zero-order chi connectivity index (χ0) is 23.8. The maximum atomic E-state index is 13.5. The van der Waals surface area contributed by atoms with Gasteiger partial charge in [0, 0.05) is 17.6 Å². The van der Waals surface area contributed by atoms with Gasteiger partial charge in [-0.25, -0.2) is 9.97 Å². The van der Waals surface area contributed by atoms with E-state index >= 15 is 0 Å². The molecule has 1 aliphatic rings. The first-order valence-corrected chi connectivity index (χ1v) is 10.4. The number of hydrogen-bond acceptors (Lipinski definition) is 6. The fourth-order valence-electron chi connectivity index (χ4n) is 4.13. The minimum atomic E-state index is -4.50. The number of alkyl halides is 3. The van der Waals surface area contributed by atoms with Gasteiger partial charge in [0.15, 0.2) is 0 Å². The predicted molar refractivity (Wildman–Crippen MR) is 115 cm³/mol. The van der Waals surface area contributed by atoms with Crippen molar-refractivity contribution in [3.05, 3.63) is 59.2 Å². The summed E-state index contributed by atoms with van der Waals surface area (Å²) in [5.41, 5.74) is 6.74. The summed E-state index contributed by atoms with van der Waals surface area (Å²) in [4.78, 5) is 27.4. The van der Waals surface area contributed by atoms with E-state index in [0.29, 0.717) is 35.3 Å². The highest BCUT2D eigenvalue weighted by molar-refractivity contribution is 5.96. The number of anilines is 1. The van der Waals surface area contributed by atoms with E-state index in [9.17, 15) is 23.2 Å². The largest absolute Gasteiger partial charge is 0.417 e. The summed E-state index contributed by atoms with van der Waals surface area (Å²) < 4.78 is 38.7. The summed E-state index contributed by atoms with van der Waals surface area (Å²) >= 11 is 0. The number of fused-ring (bicyclic) bond motifs is 1. The van der Waals surface area contributed by atoms with E-state index < -0.39 is 17.6 Å². The molecule has 0 unspecified atom stereocenters. The Hall–Kier alpha value is -3.74. The highest BCUT2D eigenvalue weighted by Crippen LogP contribution is 2.32. The van der Waals surface area contributed by atoms with Gasteiger partial charge < -0.3 is 10.6 Å². The summed E-state index contributed by atoms with van der Waals surface area (Å²) in [5, 5.41) is 10.3. The van der Waals surface area contributed by atoms with Gasteiger partial charge in [-0.05, 0) is 56.0 Å². The second-order valence-electron chi connectivity index (χ2n) is 8.16. The molecule has 0 spiro atoms. The molecule has 4 rings (SSSR count). The summed E-state index contributed by atoms with van der Waals surface area (Å²) in [5.74, 6) is -0.408. The van der Waals surface area contributed by atoms with Crippen LogP contribution < -0.4 is 5.73 Å². The molecule has 2 atom stereocenters.